The van der Waals surface area contributed by atoms with Gasteiger partial charge in [0, 0.05) is 23.3 Å². The fourth-order valence-electron chi connectivity index (χ4n) is 4.54. The third kappa shape index (κ3) is 2.11. The molecule has 0 radical (unpaired) electrons. The lowest BCUT2D eigenvalue weighted by Gasteiger charge is -2.22. The lowest BCUT2D eigenvalue weighted by atomic mass is 9.77. The molecule has 8 nitrogen and oxygen atoms in total. The van der Waals surface area contributed by atoms with Crippen molar-refractivity contribution in [3.05, 3.63) is 41.9 Å². The molecule has 2 amide bonds. The average Bonchev–Trinajstić information content (AvgIpc) is 3.49. The van der Waals surface area contributed by atoms with Crippen LogP contribution in [0.3, 0.4) is 0 Å². The molecule has 1 N–H and O–H groups in total. The van der Waals surface area contributed by atoms with E-state index in [-0.39, 0.29) is 18.6 Å². The van der Waals surface area contributed by atoms with Crippen molar-refractivity contribution in [3.8, 4) is 11.5 Å². The molecule has 6 rings (SSSR count). The quantitative estimate of drug-likeness (QED) is 0.795. The minimum atomic E-state index is -0.775. The van der Waals surface area contributed by atoms with E-state index in [1.165, 1.54) is 11.3 Å². The van der Waals surface area contributed by atoms with E-state index >= 15 is 0 Å². The standard InChI is InChI=1S/C19H15N3O5S/c23-16(21-18-20-5-6-28-18)14-12-3-4-19(27-12)8-22(17(24)15(14)19)10-1-2-11-13(7-10)26-9-25-11/h1-7,12,14-15H,8-9H2,(H,20,21,23)/t12-,14-,15-,19-/m1/s1. The van der Waals surface area contributed by atoms with Crippen molar-refractivity contribution in [1.29, 1.82) is 0 Å². The summed E-state index contributed by atoms with van der Waals surface area (Å²) in [5, 5.41) is 5.12. The molecule has 1 spiro atoms. The smallest absolute Gasteiger partial charge is 0.234 e. The molecular formula is C19H15N3O5S. The number of benzene rings is 1. The van der Waals surface area contributed by atoms with Gasteiger partial charge in [-0.25, -0.2) is 4.98 Å². The van der Waals surface area contributed by atoms with Crippen LogP contribution in [0.15, 0.2) is 41.9 Å². The first-order chi connectivity index (χ1) is 13.6. The summed E-state index contributed by atoms with van der Waals surface area (Å²) in [5.74, 6) is -0.236. The van der Waals surface area contributed by atoms with Gasteiger partial charge in [0.05, 0.1) is 24.5 Å². The summed E-state index contributed by atoms with van der Waals surface area (Å²) in [7, 11) is 0. The zero-order valence-electron chi connectivity index (χ0n) is 14.5. The summed E-state index contributed by atoms with van der Waals surface area (Å²) in [4.78, 5) is 32.0. The number of carbonyl (C=O) groups excluding carboxylic acids is 2. The van der Waals surface area contributed by atoms with Crippen molar-refractivity contribution < 1.29 is 23.8 Å². The average molecular weight is 397 g/mol. The second-order valence-corrected chi connectivity index (χ2v) is 8.08. The topological polar surface area (TPSA) is 90.0 Å². The predicted octanol–water partition coefficient (Wildman–Crippen LogP) is 1.80. The Labute approximate surface area is 163 Å². The number of hydrogen-bond acceptors (Lipinski definition) is 7. The molecule has 28 heavy (non-hydrogen) atoms. The molecule has 0 unspecified atom stereocenters. The first kappa shape index (κ1) is 16.1. The molecule has 4 aliphatic rings. The van der Waals surface area contributed by atoms with E-state index in [9.17, 15) is 9.59 Å². The van der Waals surface area contributed by atoms with Crippen LogP contribution in [0.2, 0.25) is 0 Å². The molecule has 2 aromatic rings. The Bertz CT molecular complexity index is 1020. The minimum absolute atomic E-state index is 0.120. The molecular weight excluding hydrogens is 382 g/mol. The third-order valence-electron chi connectivity index (χ3n) is 5.73. The van der Waals surface area contributed by atoms with Crippen LogP contribution < -0.4 is 19.7 Å². The van der Waals surface area contributed by atoms with Crippen LogP contribution >= 0.6 is 11.3 Å². The first-order valence-corrected chi connectivity index (χ1v) is 9.81. The fourth-order valence-corrected chi connectivity index (χ4v) is 5.08. The lowest BCUT2D eigenvalue weighted by molar-refractivity contribution is -0.128. The Hall–Kier alpha value is -2.91. The van der Waals surface area contributed by atoms with Gasteiger partial charge in [-0.05, 0) is 12.1 Å². The van der Waals surface area contributed by atoms with Crippen molar-refractivity contribution >= 4 is 34.0 Å². The Balaban J connectivity index is 1.32. The van der Waals surface area contributed by atoms with Gasteiger partial charge in [0.2, 0.25) is 18.6 Å². The van der Waals surface area contributed by atoms with E-state index in [2.05, 4.69) is 10.3 Å². The molecule has 142 valence electrons. The zero-order valence-corrected chi connectivity index (χ0v) is 15.3. The maximum absolute atomic E-state index is 13.3. The lowest BCUT2D eigenvalue weighted by Crippen LogP contribution is -2.41. The SMILES string of the molecule is O=C(Nc1nccs1)[C@@H]1[C@H]2C=C[C@]3(CN(c4ccc5c(c4)OCO5)C(=O)[C@@H]13)O2. The largest absolute Gasteiger partial charge is 0.454 e. The van der Waals surface area contributed by atoms with E-state index in [0.29, 0.717) is 28.9 Å². The van der Waals surface area contributed by atoms with Crippen LogP contribution in [0.25, 0.3) is 0 Å². The van der Waals surface area contributed by atoms with Crippen LogP contribution in [-0.4, -0.2) is 41.8 Å². The van der Waals surface area contributed by atoms with Gasteiger partial charge in [0.1, 0.15) is 5.60 Å². The number of ether oxygens (including phenoxy) is 3. The molecule has 1 aromatic carbocycles. The molecule has 4 aliphatic heterocycles. The van der Waals surface area contributed by atoms with Crippen molar-refractivity contribution in [2.75, 3.05) is 23.6 Å². The van der Waals surface area contributed by atoms with Gasteiger partial charge < -0.3 is 24.4 Å². The fraction of sp³-hybridized carbons (Fsp3) is 0.316. The number of nitrogens with one attached hydrogen (secondary N) is 1. The Morgan fingerprint density at radius 1 is 1.32 bits per heavy atom. The van der Waals surface area contributed by atoms with Crippen molar-refractivity contribution in [2.45, 2.75) is 11.7 Å². The van der Waals surface area contributed by atoms with E-state index in [1.807, 2.05) is 18.2 Å². The molecule has 0 aliphatic carbocycles. The van der Waals surface area contributed by atoms with Gasteiger partial charge in [-0.15, -0.1) is 11.3 Å². The van der Waals surface area contributed by atoms with Gasteiger partial charge in [0.25, 0.3) is 0 Å². The number of rotatable bonds is 3. The van der Waals surface area contributed by atoms with E-state index in [0.717, 1.165) is 0 Å². The van der Waals surface area contributed by atoms with Crippen LogP contribution in [-0.2, 0) is 14.3 Å². The van der Waals surface area contributed by atoms with Crippen LogP contribution in [0.5, 0.6) is 11.5 Å². The zero-order chi connectivity index (χ0) is 18.9. The third-order valence-corrected chi connectivity index (χ3v) is 6.42. The number of amides is 2. The summed E-state index contributed by atoms with van der Waals surface area (Å²) in [6.07, 6.45) is 5.05. The number of aromatic nitrogens is 1. The Morgan fingerprint density at radius 3 is 3.07 bits per heavy atom. The monoisotopic (exact) mass is 397 g/mol. The molecule has 2 bridgehead atoms. The van der Waals surface area contributed by atoms with E-state index in [1.54, 1.807) is 28.6 Å². The number of carbonyl (C=O) groups is 2. The number of nitrogens with zero attached hydrogens (tertiary/aromatic N) is 2. The highest BCUT2D eigenvalue weighted by molar-refractivity contribution is 7.13. The summed E-state index contributed by atoms with van der Waals surface area (Å²) in [6.45, 7) is 0.538. The highest BCUT2D eigenvalue weighted by atomic mass is 32.1. The minimum Gasteiger partial charge on any atom is -0.454 e. The van der Waals surface area contributed by atoms with E-state index < -0.39 is 23.5 Å². The Morgan fingerprint density at radius 2 is 2.21 bits per heavy atom. The molecule has 5 heterocycles. The second kappa shape index (κ2) is 5.55. The molecule has 2 saturated heterocycles. The van der Waals surface area contributed by atoms with Crippen LogP contribution in [0, 0.1) is 11.8 Å². The van der Waals surface area contributed by atoms with Gasteiger partial charge in [0.15, 0.2) is 16.6 Å². The highest BCUT2D eigenvalue weighted by Crippen LogP contribution is 2.53. The van der Waals surface area contributed by atoms with Crippen LogP contribution in [0.1, 0.15) is 0 Å². The van der Waals surface area contributed by atoms with Gasteiger partial charge in [-0.3, -0.25) is 9.59 Å². The van der Waals surface area contributed by atoms with Crippen molar-refractivity contribution in [3.63, 3.8) is 0 Å². The van der Waals surface area contributed by atoms with Crippen LogP contribution in [0.4, 0.5) is 10.8 Å². The summed E-state index contributed by atoms with van der Waals surface area (Å²) in [5.41, 5.74) is -0.0687. The highest BCUT2D eigenvalue weighted by Gasteiger charge is 2.67. The summed E-state index contributed by atoms with van der Waals surface area (Å²) in [6, 6.07) is 5.40. The number of hydrogen-bond donors (Lipinski definition) is 1. The predicted molar refractivity (Wildman–Crippen MR) is 99.4 cm³/mol. The normalized spacial score (nSPS) is 31.5. The first-order valence-electron chi connectivity index (χ1n) is 8.93. The molecule has 2 fully saturated rings. The molecule has 1 aromatic heterocycles. The molecule has 9 heteroatoms. The molecule has 4 atom stereocenters. The maximum atomic E-state index is 13.3. The number of anilines is 2. The van der Waals surface area contributed by atoms with E-state index in [4.69, 9.17) is 14.2 Å². The van der Waals surface area contributed by atoms with Crippen molar-refractivity contribution in [1.82, 2.24) is 4.98 Å². The second-order valence-electron chi connectivity index (χ2n) is 7.19. The van der Waals surface area contributed by atoms with Gasteiger partial charge in [-0.1, -0.05) is 12.2 Å². The number of fused-ring (bicyclic) bond motifs is 2. The van der Waals surface area contributed by atoms with Gasteiger partial charge >= 0.3 is 0 Å². The molecule has 0 saturated carbocycles. The van der Waals surface area contributed by atoms with Gasteiger partial charge in [-0.2, -0.15) is 0 Å². The van der Waals surface area contributed by atoms with Crippen molar-refractivity contribution in [2.24, 2.45) is 11.8 Å². The Kier molecular flexibility index (Phi) is 3.19. The summed E-state index contributed by atoms with van der Waals surface area (Å²) >= 11 is 1.34. The number of thiazole rings is 1. The maximum Gasteiger partial charge on any atom is 0.234 e. The summed E-state index contributed by atoms with van der Waals surface area (Å²) < 4.78 is 16.9.